The minimum atomic E-state index is -3.26. The molecule has 148 valence electrons. The SMILES string of the molecule is COP(O)(=S)Oc1ccc(Sc2ccc(OP(O)(=S)OC)c(C)c2)cc1C. The highest BCUT2D eigenvalue weighted by Crippen LogP contribution is 2.46. The van der Waals surface area contributed by atoms with Crippen molar-refractivity contribution in [2.45, 2.75) is 23.6 Å². The van der Waals surface area contributed by atoms with Gasteiger partial charge in [-0.2, -0.15) is 0 Å². The average Bonchev–Trinajstić information content (AvgIpc) is 2.60. The fraction of sp³-hybridized carbons (Fsp3) is 0.250. The van der Waals surface area contributed by atoms with Crippen molar-refractivity contribution in [2.24, 2.45) is 0 Å². The molecule has 0 aliphatic heterocycles. The molecule has 11 heteroatoms. The molecule has 0 bridgehead atoms. The van der Waals surface area contributed by atoms with Gasteiger partial charge in [0.1, 0.15) is 11.5 Å². The third kappa shape index (κ3) is 6.82. The Labute approximate surface area is 173 Å². The number of hydrogen-bond donors (Lipinski definition) is 2. The Bertz CT molecular complexity index is 848. The lowest BCUT2D eigenvalue weighted by Crippen LogP contribution is -1.95. The molecule has 6 nitrogen and oxygen atoms in total. The third-order valence-electron chi connectivity index (χ3n) is 3.42. The highest BCUT2D eigenvalue weighted by molar-refractivity contribution is 8.07. The molecule has 2 atom stereocenters. The van der Waals surface area contributed by atoms with Crippen molar-refractivity contribution in [3.63, 3.8) is 0 Å². The summed E-state index contributed by atoms with van der Waals surface area (Å²) in [6.45, 7) is -2.79. The van der Waals surface area contributed by atoms with E-state index in [1.807, 2.05) is 38.1 Å². The minimum Gasteiger partial charge on any atom is -0.424 e. The molecule has 2 unspecified atom stereocenters. The molecule has 27 heavy (non-hydrogen) atoms. The minimum absolute atomic E-state index is 0.486. The van der Waals surface area contributed by atoms with Gasteiger partial charge in [0.25, 0.3) is 0 Å². The van der Waals surface area contributed by atoms with Crippen molar-refractivity contribution in [1.82, 2.24) is 0 Å². The zero-order chi connectivity index (χ0) is 20.2. The van der Waals surface area contributed by atoms with Crippen LogP contribution >= 0.6 is 25.2 Å². The molecule has 2 aromatic carbocycles. The molecule has 0 radical (unpaired) electrons. The maximum atomic E-state index is 9.79. The van der Waals surface area contributed by atoms with Gasteiger partial charge in [0.05, 0.1) is 0 Å². The molecule has 0 heterocycles. The Morgan fingerprint density at radius 2 is 1.15 bits per heavy atom. The standard InChI is InChI=1S/C16H20O6P2S3/c1-11-9-13(5-7-15(11)21-23(17,25)19-3)27-14-6-8-16(12(2)10-14)22-24(18,26)20-4/h5-10H,1-4H3,(H,17,25)(H,18,26). The predicted octanol–water partition coefficient (Wildman–Crippen LogP) is 4.94. The largest absolute Gasteiger partial charge is 0.424 e. The fourth-order valence-electron chi connectivity index (χ4n) is 2.03. The van der Waals surface area contributed by atoms with E-state index < -0.39 is 13.4 Å². The van der Waals surface area contributed by atoms with Gasteiger partial charge in [-0.3, -0.25) is 0 Å². The van der Waals surface area contributed by atoms with Crippen LogP contribution in [0.4, 0.5) is 0 Å². The van der Waals surface area contributed by atoms with Crippen LogP contribution in [-0.4, -0.2) is 24.0 Å². The number of benzene rings is 2. The average molecular weight is 466 g/mol. The first-order valence-corrected chi connectivity index (χ1v) is 13.6. The summed E-state index contributed by atoms with van der Waals surface area (Å²) in [5.41, 5.74) is 1.66. The summed E-state index contributed by atoms with van der Waals surface area (Å²) >= 11 is 11.3. The summed E-state index contributed by atoms with van der Waals surface area (Å²) in [5.74, 6) is 0.973. The molecule has 0 amide bonds. The molecule has 0 saturated heterocycles. The Morgan fingerprint density at radius 3 is 1.44 bits per heavy atom. The van der Waals surface area contributed by atoms with Gasteiger partial charge in [-0.1, -0.05) is 11.8 Å². The van der Waals surface area contributed by atoms with E-state index in [0.717, 1.165) is 20.9 Å². The first kappa shape index (κ1) is 22.8. The van der Waals surface area contributed by atoms with Crippen molar-refractivity contribution >= 4 is 48.8 Å². The quantitative estimate of drug-likeness (QED) is 0.526. The summed E-state index contributed by atoms with van der Waals surface area (Å²) in [5, 5.41) is 0. The molecule has 0 aliphatic carbocycles. The van der Waals surface area contributed by atoms with E-state index in [0.29, 0.717) is 11.5 Å². The predicted molar refractivity (Wildman–Crippen MR) is 115 cm³/mol. The first-order valence-electron chi connectivity index (χ1n) is 7.60. The van der Waals surface area contributed by atoms with E-state index in [1.165, 1.54) is 14.2 Å². The first-order chi connectivity index (χ1) is 12.5. The zero-order valence-electron chi connectivity index (χ0n) is 15.1. The summed E-state index contributed by atoms with van der Waals surface area (Å²) < 4.78 is 20.3. The van der Waals surface area contributed by atoms with Crippen LogP contribution < -0.4 is 9.05 Å². The molecule has 0 fully saturated rings. The summed E-state index contributed by atoms with van der Waals surface area (Å²) in [4.78, 5) is 21.6. The number of aryl methyl sites for hydroxylation is 2. The number of rotatable bonds is 8. The Morgan fingerprint density at radius 1 is 0.778 bits per heavy atom. The summed E-state index contributed by atoms with van der Waals surface area (Å²) in [7, 11) is 2.63. The van der Waals surface area contributed by atoms with Crippen LogP contribution in [0.25, 0.3) is 0 Å². The van der Waals surface area contributed by atoms with E-state index in [2.05, 4.69) is 0 Å². The molecule has 2 rings (SSSR count). The van der Waals surface area contributed by atoms with Crippen LogP contribution in [0.5, 0.6) is 11.5 Å². The van der Waals surface area contributed by atoms with Gasteiger partial charge >= 0.3 is 13.4 Å². The van der Waals surface area contributed by atoms with Gasteiger partial charge in [0, 0.05) is 47.6 Å². The lowest BCUT2D eigenvalue weighted by molar-refractivity contribution is 0.311. The lowest BCUT2D eigenvalue weighted by atomic mass is 10.2. The topological polar surface area (TPSA) is 77.4 Å². The van der Waals surface area contributed by atoms with Crippen LogP contribution in [-0.2, 0) is 32.7 Å². The van der Waals surface area contributed by atoms with Gasteiger partial charge in [0.2, 0.25) is 0 Å². The van der Waals surface area contributed by atoms with Crippen molar-refractivity contribution in [3.05, 3.63) is 47.5 Å². The highest BCUT2D eigenvalue weighted by atomic mass is 32.5. The molecule has 2 aromatic rings. The van der Waals surface area contributed by atoms with E-state index in [4.69, 9.17) is 41.7 Å². The molecule has 0 aliphatic rings. The molecule has 0 aromatic heterocycles. The maximum absolute atomic E-state index is 9.79. The fourth-order valence-corrected chi connectivity index (χ4v) is 4.59. The van der Waals surface area contributed by atoms with Crippen LogP contribution in [0.3, 0.4) is 0 Å². The Kier molecular flexibility index (Phi) is 7.90. The van der Waals surface area contributed by atoms with E-state index in [1.54, 1.807) is 23.9 Å². The van der Waals surface area contributed by atoms with E-state index >= 15 is 0 Å². The second-order valence-corrected chi connectivity index (χ2v) is 12.3. The van der Waals surface area contributed by atoms with Gasteiger partial charge < -0.3 is 27.9 Å². The smallest absolute Gasteiger partial charge is 0.377 e. The van der Waals surface area contributed by atoms with Crippen LogP contribution in [0.1, 0.15) is 11.1 Å². The van der Waals surface area contributed by atoms with Crippen molar-refractivity contribution in [2.75, 3.05) is 14.2 Å². The Hall–Kier alpha value is -0.470. The van der Waals surface area contributed by atoms with Gasteiger partial charge in [-0.25, -0.2) is 0 Å². The van der Waals surface area contributed by atoms with Gasteiger partial charge in [-0.15, -0.1) is 0 Å². The molecule has 0 saturated carbocycles. The molecular formula is C16H20O6P2S3. The summed E-state index contributed by atoms with van der Waals surface area (Å²) in [6.07, 6.45) is 0. The number of hydrogen-bond acceptors (Lipinski definition) is 7. The molecular weight excluding hydrogens is 446 g/mol. The van der Waals surface area contributed by atoms with Crippen molar-refractivity contribution < 1.29 is 27.9 Å². The second-order valence-electron chi connectivity index (χ2n) is 5.44. The van der Waals surface area contributed by atoms with Gasteiger partial charge in [-0.05, 0) is 61.4 Å². The maximum Gasteiger partial charge on any atom is 0.377 e. The summed E-state index contributed by atoms with van der Waals surface area (Å²) in [6, 6.07) is 11.1. The molecule has 2 N–H and O–H groups in total. The second kappa shape index (κ2) is 9.35. The van der Waals surface area contributed by atoms with Crippen molar-refractivity contribution in [3.8, 4) is 11.5 Å². The van der Waals surface area contributed by atoms with Gasteiger partial charge in [0.15, 0.2) is 0 Å². The van der Waals surface area contributed by atoms with Crippen LogP contribution in [0.2, 0.25) is 0 Å². The normalized spacial score (nSPS) is 15.6. The third-order valence-corrected chi connectivity index (χ3v) is 7.52. The van der Waals surface area contributed by atoms with Crippen LogP contribution in [0.15, 0.2) is 46.2 Å². The van der Waals surface area contributed by atoms with E-state index in [9.17, 15) is 9.79 Å². The van der Waals surface area contributed by atoms with Crippen molar-refractivity contribution in [1.29, 1.82) is 0 Å². The monoisotopic (exact) mass is 466 g/mol. The zero-order valence-corrected chi connectivity index (χ0v) is 19.3. The Balaban J connectivity index is 2.15. The van der Waals surface area contributed by atoms with E-state index in [-0.39, 0.29) is 0 Å². The van der Waals surface area contributed by atoms with Crippen LogP contribution in [0, 0.1) is 13.8 Å². The highest BCUT2D eigenvalue weighted by Gasteiger charge is 2.17. The molecule has 0 spiro atoms. The lowest BCUT2D eigenvalue weighted by Gasteiger charge is -2.17.